The Bertz CT molecular complexity index is 858. The summed E-state index contributed by atoms with van der Waals surface area (Å²) in [4.78, 5) is 22.8. The van der Waals surface area contributed by atoms with Crippen LogP contribution in [0.25, 0.3) is 10.4 Å². The molecule has 0 saturated heterocycles. The molecule has 0 bridgehead atoms. The number of anilines is 1. The van der Waals surface area contributed by atoms with Crippen molar-refractivity contribution in [2.24, 2.45) is 0 Å². The van der Waals surface area contributed by atoms with Crippen LogP contribution in [0, 0.1) is 0 Å². The summed E-state index contributed by atoms with van der Waals surface area (Å²) >= 11 is 7.35. The number of hydrogen-bond donors (Lipinski definition) is 3. The molecule has 0 spiro atoms. The van der Waals surface area contributed by atoms with E-state index in [2.05, 4.69) is 5.32 Å². The zero-order valence-electron chi connectivity index (χ0n) is 15.2. The first-order valence-electron chi connectivity index (χ1n) is 9.23. The van der Waals surface area contributed by atoms with E-state index < -0.39 is 18.5 Å². The van der Waals surface area contributed by atoms with E-state index in [1.807, 2.05) is 24.3 Å². The zero-order valence-corrected chi connectivity index (χ0v) is 16.8. The lowest BCUT2D eigenvalue weighted by molar-refractivity contribution is -0.139. The summed E-state index contributed by atoms with van der Waals surface area (Å²) in [7, 11) is 0. The number of ether oxygens (including phenoxy) is 1. The van der Waals surface area contributed by atoms with E-state index in [9.17, 15) is 14.7 Å². The smallest absolute Gasteiger partial charge is 0.349 e. The molecule has 0 aliphatic heterocycles. The van der Waals surface area contributed by atoms with Gasteiger partial charge in [0.05, 0.1) is 4.88 Å². The minimum atomic E-state index is -1.20. The maximum atomic E-state index is 11.5. The Labute approximate surface area is 172 Å². The van der Waals surface area contributed by atoms with Crippen LogP contribution in [-0.4, -0.2) is 34.8 Å². The maximum Gasteiger partial charge on any atom is 0.349 e. The summed E-state index contributed by atoms with van der Waals surface area (Å²) in [5, 5.41) is 21.9. The lowest BCUT2D eigenvalue weighted by Crippen LogP contribution is -2.18. The molecule has 1 aliphatic carbocycles. The molecule has 1 aromatic carbocycles. The van der Waals surface area contributed by atoms with Crippen LogP contribution in [0.5, 0.6) is 5.75 Å². The Morgan fingerprint density at radius 1 is 1.18 bits per heavy atom. The van der Waals surface area contributed by atoms with Crippen molar-refractivity contribution in [1.82, 2.24) is 0 Å². The van der Waals surface area contributed by atoms with Crippen LogP contribution in [0.2, 0.25) is 5.02 Å². The fraction of sp³-hybridized carbons (Fsp3) is 0.400. The lowest BCUT2D eigenvalue weighted by atomic mass is 10.1. The average molecular weight is 424 g/mol. The van der Waals surface area contributed by atoms with Gasteiger partial charge in [-0.2, -0.15) is 0 Å². The number of carbonyl (C=O) groups is 2. The molecule has 8 heteroatoms. The van der Waals surface area contributed by atoms with E-state index in [-0.39, 0.29) is 15.6 Å². The quantitative estimate of drug-likeness (QED) is 0.518. The molecule has 1 fully saturated rings. The van der Waals surface area contributed by atoms with Crippen molar-refractivity contribution in [2.45, 2.75) is 44.6 Å². The number of thiophene rings is 1. The normalized spacial score (nSPS) is 15.0. The van der Waals surface area contributed by atoms with Crippen molar-refractivity contribution < 1.29 is 24.5 Å². The number of aliphatic carboxylic acids is 1. The molecule has 6 nitrogen and oxygen atoms in total. The van der Waals surface area contributed by atoms with Gasteiger partial charge in [0, 0.05) is 11.7 Å². The van der Waals surface area contributed by atoms with Crippen LogP contribution in [0.15, 0.2) is 24.3 Å². The first-order valence-corrected chi connectivity index (χ1v) is 10.4. The number of carboxylic acid groups (broad SMARTS) is 2. The molecule has 1 heterocycles. The lowest BCUT2D eigenvalue weighted by Gasteiger charge is -2.18. The number of hydrogen-bond acceptors (Lipinski definition) is 5. The molecular formula is C20H22ClNO5S. The van der Waals surface area contributed by atoms with Gasteiger partial charge in [0.1, 0.15) is 5.02 Å². The summed E-state index contributed by atoms with van der Waals surface area (Å²) in [6, 6.07) is 8.09. The highest BCUT2D eigenvalue weighted by atomic mass is 35.5. The van der Waals surface area contributed by atoms with Crippen molar-refractivity contribution >= 4 is 40.6 Å². The minimum Gasteiger partial charge on any atom is -0.479 e. The third-order valence-corrected chi connectivity index (χ3v) is 6.37. The molecule has 0 amide bonds. The molecule has 2 aromatic rings. The highest BCUT2D eigenvalue weighted by Crippen LogP contribution is 2.46. The van der Waals surface area contributed by atoms with E-state index >= 15 is 0 Å². The van der Waals surface area contributed by atoms with E-state index in [1.165, 1.54) is 25.7 Å². The van der Waals surface area contributed by atoms with Crippen molar-refractivity contribution in [3.8, 4) is 16.2 Å². The van der Waals surface area contributed by atoms with Crippen LogP contribution < -0.4 is 10.1 Å². The number of benzene rings is 1. The number of aromatic carboxylic acids is 1. The Hall–Kier alpha value is -2.25. The van der Waals surface area contributed by atoms with Crippen LogP contribution in [0.3, 0.4) is 0 Å². The molecule has 0 unspecified atom stereocenters. The molecule has 1 saturated carbocycles. The summed E-state index contributed by atoms with van der Waals surface area (Å²) in [5.74, 6) is -2.50. The standard InChI is InChI=1S/C20H22ClNO5S/c21-16-17(27-11-15(23)24)19(20(25)26)28-18(16)12-6-5-9-14(10-12)22-13-7-3-1-2-4-8-13/h5-6,9-10,13,22H,1-4,7-8,11H2,(H,23,24)(H,25,26). The summed E-state index contributed by atoms with van der Waals surface area (Å²) in [6.07, 6.45) is 7.28. The van der Waals surface area contributed by atoms with Gasteiger partial charge in [0.15, 0.2) is 17.2 Å². The second-order valence-corrected chi connectivity index (χ2v) is 8.20. The van der Waals surface area contributed by atoms with Crippen molar-refractivity contribution in [3.05, 3.63) is 34.2 Å². The summed E-state index contributed by atoms with van der Waals surface area (Å²) in [6.45, 7) is -0.653. The fourth-order valence-corrected chi connectivity index (χ4v) is 4.80. The monoisotopic (exact) mass is 423 g/mol. The second kappa shape index (κ2) is 9.30. The number of rotatable bonds is 7. The van der Waals surface area contributed by atoms with Crippen LogP contribution in [0.4, 0.5) is 5.69 Å². The third-order valence-electron chi connectivity index (χ3n) is 4.69. The van der Waals surface area contributed by atoms with Crippen molar-refractivity contribution in [2.75, 3.05) is 11.9 Å². The van der Waals surface area contributed by atoms with Gasteiger partial charge in [-0.15, -0.1) is 11.3 Å². The molecule has 150 valence electrons. The average Bonchev–Trinajstić information content (AvgIpc) is 2.80. The SMILES string of the molecule is O=C(O)COc1c(C(=O)O)sc(-c2cccc(NC3CCCCCC3)c2)c1Cl. The first kappa shape index (κ1) is 20.5. The Morgan fingerprint density at radius 2 is 1.89 bits per heavy atom. The van der Waals surface area contributed by atoms with Crippen molar-refractivity contribution in [3.63, 3.8) is 0 Å². The van der Waals surface area contributed by atoms with Gasteiger partial charge in [-0.25, -0.2) is 9.59 Å². The number of carboxylic acids is 2. The molecule has 0 radical (unpaired) electrons. The fourth-order valence-electron chi connectivity index (χ4n) is 3.39. The van der Waals surface area contributed by atoms with Gasteiger partial charge in [0.2, 0.25) is 0 Å². The zero-order chi connectivity index (χ0) is 20.1. The van der Waals surface area contributed by atoms with Gasteiger partial charge in [-0.3, -0.25) is 0 Å². The Balaban J connectivity index is 1.87. The van der Waals surface area contributed by atoms with E-state index in [1.54, 1.807) is 0 Å². The van der Waals surface area contributed by atoms with E-state index in [0.717, 1.165) is 35.4 Å². The topological polar surface area (TPSA) is 95.9 Å². The number of nitrogens with one attached hydrogen (secondary N) is 1. The second-order valence-electron chi connectivity index (χ2n) is 6.80. The largest absolute Gasteiger partial charge is 0.479 e. The van der Waals surface area contributed by atoms with E-state index in [4.69, 9.17) is 21.4 Å². The van der Waals surface area contributed by atoms with E-state index in [0.29, 0.717) is 10.9 Å². The van der Waals surface area contributed by atoms with Crippen LogP contribution in [0.1, 0.15) is 48.2 Å². The first-order chi connectivity index (χ1) is 13.5. The van der Waals surface area contributed by atoms with Gasteiger partial charge >= 0.3 is 11.9 Å². The van der Waals surface area contributed by atoms with Crippen LogP contribution >= 0.6 is 22.9 Å². The van der Waals surface area contributed by atoms with Crippen molar-refractivity contribution in [1.29, 1.82) is 0 Å². The molecule has 28 heavy (non-hydrogen) atoms. The van der Waals surface area contributed by atoms with Gasteiger partial charge in [-0.05, 0) is 30.5 Å². The Kier molecular flexibility index (Phi) is 6.80. The molecular weight excluding hydrogens is 402 g/mol. The number of halogens is 1. The third kappa shape index (κ3) is 4.97. The summed E-state index contributed by atoms with van der Waals surface area (Å²) < 4.78 is 5.14. The molecule has 3 N–H and O–H groups in total. The predicted octanol–water partition coefficient (Wildman–Crippen LogP) is 5.36. The molecule has 3 rings (SSSR count). The minimum absolute atomic E-state index is 0.0984. The Morgan fingerprint density at radius 3 is 2.54 bits per heavy atom. The molecule has 0 atom stereocenters. The predicted molar refractivity (Wildman–Crippen MR) is 110 cm³/mol. The van der Waals surface area contributed by atoms with Crippen LogP contribution in [-0.2, 0) is 4.79 Å². The van der Waals surface area contributed by atoms with Gasteiger partial charge in [-0.1, -0.05) is 49.4 Å². The maximum absolute atomic E-state index is 11.5. The molecule has 1 aromatic heterocycles. The van der Waals surface area contributed by atoms with Gasteiger partial charge < -0.3 is 20.3 Å². The highest BCUT2D eigenvalue weighted by Gasteiger charge is 2.25. The highest BCUT2D eigenvalue weighted by molar-refractivity contribution is 7.18. The summed E-state index contributed by atoms with van der Waals surface area (Å²) in [5.41, 5.74) is 1.72. The molecule has 1 aliphatic rings. The van der Waals surface area contributed by atoms with Gasteiger partial charge in [0.25, 0.3) is 0 Å².